The molecule has 5 heteroatoms. The normalized spacial score (nSPS) is 10.5. The minimum Gasteiger partial charge on any atom is -0.193 e. The molecule has 0 atom stereocenters. The van der Waals surface area contributed by atoms with E-state index >= 15 is 0 Å². The molecule has 0 spiro atoms. The minimum atomic E-state index is 0.734. The maximum atomic E-state index is 4.08. The lowest BCUT2D eigenvalue weighted by atomic mass is 10.2. The molecule has 2 aromatic carbocycles. The number of hydrogen-bond acceptors (Lipinski definition) is 3. The molecule has 1 heterocycles. The Labute approximate surface area is 112 Å². The van der Waals surface area contributed by atoms with Gasteiger partial charge in [-0.2, -0.15) is 4.68 Å². The number of halogens is 1. The zero-order valence-electron chi connectivity index (χ0n) is 9.36. The van der Waals surface area contributed by atoms with Crippen molar-refractivity contribution < 1.29 is 0 Å². The molecule has 88 valence electrons. The fraction of sp³-hybridized carbons (Fsp3) is 0. The zero-order valence-corrected chi connectivity index (χ0v) is 10.9. The van der Waals surface area contributed by atoms with Crippen molar-refractivity contribution in [3.63, 3.8) is 0 Å². The molecule has 0 saturated carbocycles. The SMILES string of the molecule is Brc1ccc(-n2nnnc2-c2ccccc2)cc1. The molecule has 18 heavy (non-hydrogen) atoms. The van der Waals surface area contributed by atoms with Crippen LogP contribution in [0.4, 0.5) is 0 Å². The standard InChI is InChI=1S/C13H9BrN4/c14-11-6-8-12(9-7-11)18-13(15-16-17-18)10-4-2-1-3-5-10/h1-9H. The van der Waals surface area contributed by atoms with Gasteiger partial charge < -0.3 is 0 Å². The first-order chi connectivity index (χ1) is 8.84. The second-order valence-electron chi connectivity index (χ2n) is 3.76. The molecule has 3 aromatic rings. The Kier molecular flexibility index (Phi) is 2.90. The van der Waals surface area contributed by atoms with Gasteiger partial charge in [0.2, 0.25) is 0 Å². The van der Waals surface area contributed by atoms with E-state index in [0.29, 0.717) is 0 Å². The quantitative estimate of drug-likeness (QED) is 0.730. The van der Waals surface area contributed by atoms with Crippen LogP contribution in [0, 0.1) is 0 Å². The van der Waals surface area contributed by atoms with Gasteiger partial charge in [0.1, 0.15) is 0 Å². The molecule has 0 aliphatic carbocycles. The molecule has 0 aliphatic rings. The van der Waals surface area contributed by atoms with Crippen LogP contribution in [0.25, 0.3) is 17.1 Å². The highest BCUT2D eigenvalue weighted by molar-refractivity contribution is 9.10. The number of tetrazole rings is 1. The first kappa shape index (κ1) is 11.1. The van der Waals surface area contributed by atoms with Crippen LogP contribution >= 0.6 is 15.9 Å². The van der Waals surface area contributed by atoms with E-state index in [0.717, 1.165) is 21.5 Å². The maximum Gasteiger partial charge on any atom is 0.187 e. The van der Waals surface area contributed by atoms with E-state index in [1.807, 2.05) is 54.6 Å². The maximum absolute atomic E-state index is 4.08. The third-order valence-corrected chi connectivity index (χ3v) is 3.10. The Balaban J connectivity index is 2.10. The highest BCUT2D eigenvalue weighted by atomic mass is 79.9. The average Bonchev–Trinajstić information content (AvgIpc) is 2.90. The number of hydrogen-bond donors (Lipinski definition) is 0. The van der Waals surface area contributed by atoms with Crippen molar-refractivity contribution in [1.29, 1.82) is 0 Å². The van der Waals surface area contributed by atoms with Crippen LogP contribution in [0.1, 0.15) is 0 Å². The summed E-state index contributed by atoms with van der Waals surface area (Å²) < 4.78 is 2.75. The minimum absolute atomic E-state index is 0.734. The van der Waals surface area contributed by atoms with Crippen molar-refractivity contribution in [2.75, 3.05) is 0 Å². The lowest BCUT2D eigenvalue weighted by Crippen LogP contribution is -1.99. The summed E-state index contributed by atoms with van der Waals surface area (Å²) >= 11 is 3.41. The molecule has 0 N–H and O–H groups in total. The van der Waals surface area contributed by atoms with Crippen LogP contribution in [0.3, 0.4) is 0 Å². The molecule has 0 unspecified atom stereocenters. The van der Waals surface area contributed by atoms with Gasteiger partial charge in [-0.15, -0.1) is 5.10 Å². The largest absolute Gasteiger partial charge is 0.193 e. The third kappa shape index (κ3) is 2.04. The van der Waals surface area contributed by atoms with Crippen molar-refractivity contribution in [3.8, 4) is 17.1 Å². The van der Waals surface area contributed by atoms with E-state index in [1.165, 1.54) is 0 Å². The van der Waals surface area contributed by atoms with E-state index in [2.05, 4.69) is 31.5 Å². The van der Waals surface area contributed by atoms with Crippen LogP contribution in [0.15, 0.2) is 59.1 Å². The summed E-state index contributed by atoms with van der Waals surface area (Å²) in [4.78, 5) is 0. The van der Waals surface area contributed by atoms with Gasteiger partial charge in [-0.1, -0.05) is 46.3 Å². The predicted octanol–water partition coefficient (Wildman–Crippen LogP) is 3.09. The summed E-state index contributed by atoms with van der Waals surface area (Å²) in [5.41, 5.74) is 1.92. The summed E-state index contributed by atoms with van der Waals surface area (Å²) in [5, 5.41) is 11.9. The second-order valence-corrected chi connectivity index (χ2v) is 4.67. The molecule has 0 amide bonds. The molecule has 0 aliphatic heterocycles. The Morgan fingerprint density at radius 1 is 0.889 bits per heavy atom. The van der Waals surface area contributed by atoms with Gasteiger partial charge in [-0.3, -0.25) is 0 Å². The van der Waals surface area contributed by atoms with E-state index in [1.54, 1.807) is 4.68 Å². The van der Waals surface area contributed by atoms with Crippen molar-refractivity contribution >= 4 is 15.9 Å². The molecule has 4 nitrogen and oxygen atoms in total. The molecule has 0 saturated heterocycles. The summed E-state index contributed by atoms with van der Waals surface area (Å²) in [6.45, 7) is 0. The summed E-state index contributed by atoms with van der Waals surface area (Å²) in [5.74, 6) is 0.734. The van der Waals surface area contributed by atoms with Gasteiger partial charge >= 0.3 is 0 Å². The van der Waals surface area contributed by atoms with E-state index < -0.39 is 0 Å². The molecule has 1 aromatic heterocycles. The number of nitrogens with zero attached hydrogens (tertiary/aromatic N) is 4. The Hall–Kier alpha value is -2.01. The molecular formula is C13H9BrN4. The fourth-order valence-electron chi connectivity index (χ4n) is 1.71. The smallest absolute Gasteiger partial charge is 0.187 e. The van der Waals surface area contributed by atoms with Crippen molar-refractivity contribution in [1.82, 2.24) is 20.2 Å². The number of aromatic nitrogens is 4. The molecular weight excluding hydrogens is 292 g/mol. The van der Waals surface area contributed by atoms with Crippen molar-refractivity contribution in [3.05, 3.63) is 59.1 Å². The Bertz CT molecular complexity index is 646. The van der Waals surface area contributed by atoms with Crippen LogP contribution in [0.5, 0.6) is 0 Å². The highest BCUT2D eigenvalue weighted by Crippen LogP contribution is 2.20. The highest BCUT2D eigenvalue weighted by Gasteiger charge is 2.09. The zero-order chi connectivity index (χ0) is 12.4. The van der Waals surface area contributed by atoms with Crippen LogP contribution < -0.4 is 0 Å². The number of rotatable bonds is 2. The molecule has 0 radical (unpaired) electrons. The van der Waals surface area contributed by atoms with Crippen LogP contribution in [-0.2, 0) is 0 Å². The van der Waals surface area contributed by atoms with Gasteiger partial charge in [-0.05, 0) is 34.7 Å². The van der Waals surface area contributed by atoms with Gasteiger partial charge in [0, 0.05) is 10.0 Å². The van der Waals surface area contributed by atoms with Gasteiger partial charge in [-0.25, -0.2) is 0 Å². The molecule has 0 fully saturated rings. The lowest BCUT2D eigenvalue weighted by molar-refractivity contribution is 0.791. The Morgan fingerprint density at radius 2 is 1.61 bits per heavy atom. The topological polar surface area (TPSA) is 43.6 Å². The van der Waals surface area contributed by atoms with Gasteiger partial charge in [0.05, 0.1) is 5.69 Å². The summed E-state index contributed by atoms with van der Waals surface area (Å²) in [6, 6.07) is 17.7. The predicted molar refractivity (Wildman–Crippen MR) is 72.3 cm³/mol. The lowest BCUT2D eigenvalue weighted by Gasteiger charge is -2.04. The summed E-state index contributed by atoms with van der Waals surface area (Å²) in [6.07, 6.45) is 0. The van der Waals surface area contributed by atoms with Crippen molar-refractivity contribution in [2.24, 2.45) is 0 Å². The first-order valence-corrected chi connectivity index (χ1v) is 6.23. The molecule has 0 bridgehead atoms. The third-order valence-electron chi connectivity index (χ3n) is 2.57. The summed E-state index contributed by atoms with van der Waals surface area (Å²) in [7, 11) is 0. The average molecular weight is 301 g/mol. The van der Waals surface area contributed by atoms with Crippen LogP contribution in [0.2, 0.25) is 0 Å². The number of benzene rings is 2. The van der Waals surface area contributed by atoms with Crippen molar-refractivity contribution in [2.45, 2.75) is 0 Å². The van der Waals surface area contributed by atoms with E-state index in [-0.39, 0.29) is 0 Å². The van der Waals surface area contributed by atoms with Gasteiger partial charge in [0.25, 0.3) is 0 Å². The second kappa shape index (κ2) is 4.70. The first-order valence-electron chi connectivity index (χ1n) is 5.44. The monoisotopic (exact) mass is 300 g/mol. The van der Waals surface area contributed by atoms with E-state index in [9.17, 15) is 0 Å². The van der Waals surface area contributed by atoms with Crippen LogP contribution in [-0.4, -0.2) is 20.2 Å². The Morgan fingerprint density at radius 3 is 2.33 bits per heavy atom. The van der Waals surface area contributed by atoms with E-state index in [4.69, 9.17) is 0 Å². The molecule has 3 rings (SSSR count). The fourth-order valence-corrected chi connectivity index (χ4v) is 1.97. The van der Waals surface area contributed by atoms with Gasteiger partial charge in [0.15, 0.2) is 5.82 Å².